The molecule has 0 spiro atoms. The van der Waals surface area contributed by atoms with Crippen molar-refractivity contribution in [1.82, 2.24) is 9.94 Å². The van der Waals surface area contributed by atoms with Crippen LogP contribution in [0.4, 0.5) is 18.9 Å². The number of aromatic nitrogens is 2. The van der Waals surface area contributed by atoms with Gasteiger partial charge in [-0.25, -0.2) is 13.2 Å². The number of hydrogen-bond acceptors (Lipinski definition) is 3. The third-order valence-electron chi connectivity index (χ3n) is 3.64. The molecule has 0 radical (unpaired) electrons. The predicted molar refractivity (Wildman–Crippen MR) is 94.2 cm³/mol. The number of amides is 1. The number of nitrogens with one attached hydrogen (secondary N) is 1. The van der Waals surface area contributed by atoms with Gasteiger partial charge in [0.1, 0.15) is 11.5 Å². The Labute approximate surface area is 160 Å². The molecule has 0 atom stereocenters. The zero-order valence-corrected chi connectivity index (χ0v) is 14.8. The summed E-state index contributed by atoms with van der Waals surface area (Å²) < 4.78 is 39.7. The molecule has 0 aliphatic carbocycles. The van der Waals surface area contributed by atoms with Crippen LogP contribution < -0.4 is 5.32 Å². The van der Waals surface area contributed by atoms with Crippen LogP contribution in [-0.4, -0.2) is 21.1 Å². The molecule has 1 amide bonds. The van der Waals surface area contributed by atoms with Crippen LogP contribution in [0.25, 0.3) is 11.1 Å². The molecular weight excluding hydrogens is 406 g/mol. The van der Waals surface area contributed by atoms with Gasteiger partial charge >= 0.3 is 0 Å². The minimum absolute atomic E-state index is 0.126. The second-order valence-corrected chi connectivity index (χ2v) is 6.24. The lowest BCUT2D eigenvalue weighted by atomic mass is 10.0. The Morgan fingerprint density at radius 2 is 1.89 bits per heavy atom. The van der Waals surface area contributed by atoms with Crippen LogP contribution in [-0.2, 0) is 0 Å². The van der Waals surface area contributed by atoms with Crippen molar-refractivity contribution < 1.29 is 23.2 Å². The summed E-state index contributed by atoms with van der Waals surface area (Å²) in [4.78, 5) is 12.5. The van der Waals surface area contributed by atoms with E-state index in [4.69, 9.17) is 23.2 Å². The Kier molecular flexibility index (Phi) is 5.29. The van der Waals surface area contributed by atoms with Crippen molar-refractivity contribution in [2.45, 2.75) is 6.43 Å². The zero-order chi connectivity index (χ0) is 19.7. The molecule has 0 aliphatic heterocycles. The molecule has 140 valence electrons. The maximum absolute atomic E-state index is 13.7. The fraction of sp³-hybridized carbons (Fsp3) is 0.0588. The van der Waals surface area contributed by atoms with Gasteiger partial charge in [0.15, 0.2) is 0 Å². The second-order valence-electron chi connectivity index (χ2n) is 5.42. The molecule has 3 rings (SSSR count). The smallest absolute Gasteiger partial charge is 0.283 e. The standard InChI is InChI=1S/C17H10Cl2F3N3O2/c18-12-3-1-8(5-13(12)19)10-6-9(20)2-4-14(10)23-17(26)11-7-25(27)24-15(11)16(21)22/h1-7,16,27H,(H,23,26). The van der Waals surface area contributed by atoms with Gasteiger partial charge in [-0.05, 0) is 35.9 Å². The maximum atomic E-state index is 13.7. The Bertz CT molecular complexity index is 1020. The predicted octanol–water partition coefficient (Wildman–Crippen LogP) is 5.42. The monoisotopic (exact) mass is 415 g/mol. The fourth-order valence-corrected chi connectivity index (χ4v) is 2.73. The highest BCUT2D eigenvalue weighted by atomic mass is 35.5. The first-order valence-corrected chi connectivity index (χ1v) is 8.15. The van der Waals surface area contributed by atoms with Gasteiger partial charge in [-0.1, -0.05) is 29.3 Å². The fourth-order valence-electron chi connectivity index (χ4n) is 2.43. The molecule has 3 aromatic rings. The summed E-state index contributed by atoms with van der Waals surface area (Å²) in [5.41, 5.74) is -0.543. The summed E-state index contributed by atoms with van der Waals surface area (Å²) in [5.74, 6) is -1.52. The molecule has 1 heterocycles. The number of alkyl halides is 2. The highest BCUT2D eigenvalue weighted by Crippen LogP contribution is 2.34. The number of carbonyl (C=O) groups is 1. The Morgan fingerprint density at radius 1 is 1.15 bits per heavy atom. The molecule has 5 nitrogen and oxygen atoms in total. The van der Waals surface area contributed by atoms with Crippen LogP contribution >= 0.6 is 23.2 Å². The number of halogens is 5. The number of carbonyl (C=O) groups excluding carboxylic acids is 1. The third kappa shape index (κ3) is 4.01. The molecule has 10 heteroatoms. The first-order chi connectivity index (χ1) is 12.8. The van der Waals surface area contributed by atoms with Crippen molar-refractivity contribution in [3.63, 3.8) is 0 Å². The van der Waals surface area contributed by atoms with Crippen LogP contribution in [0.5, 0.6) is 0 Å². The Morgan fingerprint density at radius 3 is 2.56 bits per heavy atom. The van der Waals surface area contributed by atoms with E-state index in [9.17, 15) is 23.2 Å². The van der Waals surface area contributed by atoms with E-state index in [1.54, 1.807) is 6.07 Å². The average Bonchev–Trinajstić information content (AvgIpc) is 3.01. The van der Waals surface area contributed by atoms with Crippen molar-refractivity contribution in [1.29, 1.82) is 0 Å². The molecule has 2 N–H and O–H groups in total. The highest BCUT2D eigenvalue weighted by molar-refractivity contribution is 6.42. The Balaban J connectivity index is 2.01. The molecule has 1 aromatic heterocycles. The largest absolute Gasteiger partial charge is 0.412 e. The van der Waals surface area contributed by atoms with Crippen molar-refractivity contribution in [2.75, 3.05) is 5.32 Å². The number of rotatable bonds is 4. The molecule has 0 fully saturated rings. The molecule has 27 heavy (non-hydrogen) atoms. The van der Waals surface area contributed by atoms with E-state index in [0.29, 0.717) is 10.6 Å². The number of nitrogens with zero attached hydrogens (tertiary/aromatic N) is 2. The molecule has 0 saturated heterocycles. The van der Waals surface area contributed by atoms with Crippen LogP contribution in [0.1, 0.15) is 22.5 Å². The normalized spacial score (nSPS) is 11.0. The van der Waals surface area contributed by atoms with Crippen molar-refractivity contribution in [3.8, 4) is 11.1 Å². The molecule has 0 bridgehead atoms. The van der Waals surface area contributed by atoms with Crippen LogP contribution in [0, 0.1) is 5.82 Å². The van der Waals surface area contributed by atoms with Crippen LogP contribution in [0.3, 0.4) is 0 Å². The van der Waals surface area contributed by atoms with Crippen molar-refractivity contribution in [3.05, 3.63) is 69.7 Å². The lowest BCUT2D eigenvalue weighted by molar-refractivity contribution is 0.101. The maximum Gasteiger partial charge on any atom is 0.283 e. The van der Waals surface area contributed by atoms with E-state index in [1.165, 1.54) is 18.2 Å². The quantitative estimate of drug-likeness (QED) is 0.558. The zero-order valence-electron chi connectivity index (χ0n) is 13.3. The van der Waals surface area contributed by atoms with Crippen molar-refractivity contribution in [2.24, 2.45) is 0 Å². The summed E-state index contributed by atoms with van der Waals surface area (Å²) in [6.07, 6.45) is -2.32. The summed E-state index contributed by atoms with van der Waals surface area (Å²) in [6, 6.07) is 8.06. The van der Waals surface area contributed by atoms with Gasteiger partial charge in [0, 0.05) is 11.3 Å². The van der Waals surface area contributed by atoms with Gasteiger partial charge in [0.2, 0.25) is 0 Å². The number of benzene rings is 2. The minimum Gasteiger partial charge on any atom is -0.412 e. The van der Waals surface area contributed by atoms with Gasteiger partial charge in [0.05, 0.1) is 21.8 Å². The Hall–Kier alpha value is -2.71. The van der Waals surface area contributed by atoms with Gasteiger partial charge < -0.3 is 10.5 Å². The summed E-state index contributed by atoms with van der Waals surface area (Å²) in [6.45, 7) is 0. The average molecular weight is 416 g/mol. The lowest BCUT2D eigenvalue weighted by Gasteiger charge is -2.12. The lowest BCUT2D eigenvalue weighted by Crippen LogP contribution is -2.14. The molecule has 2 aromatic carbocycles. The van der Waals surface area contributed by atoms with E-state index in [-0.39, 0.29) is 21.1 Å². The summed E-state index contributed by atoms with van der Waals surface area (Å²) >= 11 is 11.9. The van der Waals surface area contributed by atoms with Gasteiger partial charge in [-0.3, -0.25) is 4.79 Å². The minimum atomic E-state index is -3.07. The van der Waals surface area contributed by atoms with E-state index < -0.39 is 29.4 Å². The topological polar surface area (TPSA) is 67.2 Å². The van der Waals surface area contributed by atoms with Crippen LogP contribution in [0.15, 0.2) is 42.6 Å². The molecule has 0 unspecified atom stereocenters. The summed E-state index contributed by atoms with van der Waals surface area (Å²) in [5, 5.41) is 15.3. The van der Waals surface area contributed by atoms with E-state index >= 15 is 0 Å². The first kappa shape index (κ1) is 19.1. The van der Waals surface area contributed by atoms with Crippen LogP contribution in [0.2, 0.25) is 10.0 Å². The van der Waals surface area contributed by atoms with E-state index in [1.807, 2.05) is 0 Å². The molecular formula is C17H10Cl2F3N3O2. The van der Waals surface area contributed by atoms with E-state index in [0.717, 1.165) is 18.3 Å². The third-order valence-corrected chi connectivity index (χ3v) is 4.38. The van der Waals surface area contributed by atoms with E-state index in [2.05, 4.69) is 10.4 Å². The highest BCUT2D eigenvalue weighted by Gasteiger charge is 2.24. The van der Waals surface area contributed by atoms with Gasteiger partial charge in [-0.15, -0.1) is 9.94 Å². The number of hydrogen-bond donors (Lipinski definition) is 2. The van der Waals surface area contributed by atoms with Gasteiger partial charge in [-0.2, -0.15) is 0 Å². The van der Waals surface area contributed by atoms with Crippen molar-refractivity contribution >= 4 is 34.8 Å². The summed E-state index contributed by atoms with van der Waals surface area (Å²) in [7, 11) is 0. The molecule has 0 aliphatic rings. The second kappa shape index (κ2) is 7.50. The van der Waals surface area contributed by atoms with Gasteiger partial charge in [0.25, 0.3) is 12.3 Å². The SMILES string of the molecule is O=C(Nc1ccc(F)cc1-c1ccc(Cl)c(Cl)c1)c1cn(O)nc1C(F)F. The number of anilines is 1. The first-order valence-electron chi connectivity index (χ1n) is 7.39. The molecule has 0 saturated carbocycles.